The van der Waals surface area contributed by atoms with Crippen molar-refractivity contribution in [3.63, 3.8) is 0 Å². The van der Waals surface area contributed by atoms with Gasteiger partial charge in [-0.25, -0.2) is 29.3 Å². The van der Waals surface area contributed by atoms with Gasteiger partial charge >= 0.3 is 0 Å². The quantitative estimate of drug-likeness (QED) is 0.459. The fourth-order valence-electron chi connectivity index (χ4n) is 0.345. The van der Waals surface area contributed by atoms with Gasteiger partial charge in [-0.1, -0.05) is 0 Å². The van der Waals surface area contributed by atoms with Crippen LogP contribution >= 0.6 is 0 Å². The zero-order valence-electron chi connectivity index (χ0n) is 5.69. The van der Waals surface area contributed by atoms with Gasteiger partial charge in [0, 0.05) is 0 Å². The molecule has 0 atom stereocenters. The molecule has 7 heteroatoms. The van der Waals surface area contributed by atoms with Crippen LogP contribution < -0.4 is 0 Å². The van der Waals surface area contributed by atoms with E-state index in [9.17, 15) is 0 Å². The van der Waals surface area contributed by atoms with Crippen molar-refractivity contribution >= 4 is 0 Å². The van der Waals surface area contributed by atoms with Crippen LogP contribution in [0.1, 0.15) is 0 Å². The van der Waals surface area contributed by atoms with E-state index in [1.807, 2.05) is 0 Å². The van der Waals surface area contributed by atoms with Gasteiger partial charge in [-0.05, 0) is 0 Å². The average Bonchev–Trinajstić information content (AvgIpc) is 2.08. The molecule has 1 saturated heterocycles. The topological polar surface area (TPSA) is 64.6 Å². The van der Waals surface area contributed by atoms with Gasteiger partial charge < -0.3 is 4.74 Å². The van der Waals surface area contributed by atoms with Gasteiger partial charge in [0.15, 0.2) is 13.6 Å². The predicted octanol–water partition coefficient (Wildman–Crippen LogP) is -0.309. The van der Waals surface area contributed by atoms with E-state index in [0.29, 0.717) is 0 Å². The van der Waals surface area contributed by atoms with Gasteiger partial charge in [0.25, 0.3) is 0 Å². The first-order chi connectivity index (χ1) is 5.50. The minimum absolute atomic E-state index is 0.0628. The molecule has 1 heterocycles. The number of hydrogen-bond donors (Lipinski definition) is 0. The maximum atomic E-state index is 4.66. The molecular formula is C4H8O7. The van der Waals surface area contributed by atoms with E-state index in [0.717, 1.165) is 0 Å². The Morgan fingerprint density at radius 2 is 0.818 bits per heavy atom. The Hall–Kier alpha value is -0.280. The van der Waals surface area contributed by atoms with Crippen molar-refractivity contribution in [3.05, 3.63) is 0 Å². The van der Waals surface area contributed by atoms with Crippen LogP contribution in [-0.2, 0) is 34.1 Å². The molecule has 0 saturated carbocycles. The molecule has 1 aliphatic heterocycles. The van der Waals surface area contributed by atoms with Crippen LogP contribution in [0.2, 0.25) is 0 Å². The summed E-state index contributed by atoms with van der Waals surface area (Å²) in [5.41, 5.74) is 0. The first-order valence-corrected chi connectivity index (χ1v) is 2.81. The molecule has 0 aliphatic carbocycles. The highest BCUT2D eigenvalue weighted by Gasteiger charge is 1.95. The van der Waals surface area contributed by atoms with Crippen LogP contribution in [-0.4, -0.2) is 27.2 Å². The molecular weight excluding hydrogens is 160 g/mol. The Morgan fingerprint density at radius 3 is 1.27 bits per heavy atom. The summed E-state index contributed by atoms with van der Waals surface area (Å²) < 4.78 is 4.66. The highest BCUT2D eigenvalue weighted by molar-refractivity contribution is 3.94. The number of rotatable bonds is 0. The highest BCUT2D eigenvalue weighted by Crippen LogP contribution is 1.89. The van der Waals surface area contributed by atoms with Crippen LogP contribution in [0.25, 0.3) is 0 Å². The molecule has 1 aliphatic rings. The lowest BCUT2D eigenvalue weighted by Crippen LogP contribution is -2.04. The first-order valence-electron chi connectivity index (χ1n) is 2.81. The lowest BCUT2D eigenvalue weighted by Gasteiger charge is -2.00. The summed E-state index contributed by atoms with van der Waals surface area (Å²) in [6.45, 7) is -0.446. The average molecular weight is 168 g/mol. The maximum Gasteiger partial charge on any atom is 0.214 e. The summed E-state index contributed by atoms with van der Waals surface area (Å²) in [4.78, 5) is 26.3. The highest BCUT2D eigenvalue weighted by atomic mass is 17.3. The third kappa shape index (κ3) is 5.04. The Bertz CT molecular complexity index is 48.5. The van der Waals surface area contributed by atoms with E-state index >= 15 is 0 Å². The molecule has 0 bridgehead atoms. The molecule has 1 rings (SSSR count). The molecule has 0 aromatic carbocycles. The summed E-state index contributed by atoms with van der Waals surface area (Å²) in [6.07, 6.45) is 0. The summed E-state index contributed by atoms with van der Waals surface area (Å²) in [5, 5.41) is 0. The Morgan fingerprint density at radius 1 is 0.455 bits per heavy atom. The van der Waals surface area contributed by atoms with Gasteiger partial charge in [0.2, 0.25) is 13.6 Å². The molecule has 0 spiro atoms. The van der Waals surface area contributed by atoms with E-state index in [2.05, 4.69) is 34.1 Å². The van der Waals surface area contributed by atoms with Crippen molar-refractivity contribution in [2.24, 2.45) is 0 Å². The fourth-order valence-corrected chi connectivity index (χ4v) is 0.345. The molecule has 0 amide bonds. The lowest BCUT2D eigenvalue weighted by atomic mass is 11.3. The van der Waals surface area contributed by atoms with Crippen molar-refractivity contribution in [2.75, 3.05) is 27.2 Å². The fraction of sp³-hybridized carbons (Fsp3) is 1.00. The maximum absolute atomic E-state index is 4.66. The van der Waals surface area contributed by atoms with Crippen LogP contribution in [0.3, 0.4) is 0 Å². The smallest absolute Gasteiger partial charge is 0.214 e. The summed E-state index contributed by atoms with van der Waals surface area (Å²) in [7, 11) is 0. The Kier molecular flexibility index (Phi) is 5.15. The van der Waals surface area contributed by atoms with Crippen molar-refractivity contribution in [2.45, 2.75) is 0 Å². The molecule has 0 N–H and O–H groups in total. The van der Waals surface area contributed by atoms with E-state index in [4.69, 9.17) is 0 Å². The second-order valence-corrected chi connectivity index (χ2v) is 1.38. The second kappa shape index (κ2) is 6.43. The molecule has 1 fully saturated rings. The number of hydrogen-bond acceptors (Lipinski definition) is 7. The Balaban J connectivity index is 2.02. The van der Waals surface area contributed by atoms with Crippen molar-refractivity contribution in [1.29, 1.82) is 0 Å². The standard InChI is InChI=1S/C4H8O7/c1-5-2-7-9-4-11-10-3-8-6-1/h1-4H2. The van der Waals surface area contributed by atoms with Gasteiger partial charge in [-0.15, -0.1) is 0 Å². The van der Waals surface area contributed by atoms with E-state index in [1.165, 1.54) is 0 Å². The molecule has 66 valence electrons. The monoisotopic (exact) mass is 168 g/mol. The predicted molar refractivity (Wildman–Crippen MR) is 27.1 cm³/mol. The second-order valence-electron chi connectivity index (χ2n) is 1.38. The van der Waals surface area contributed by atoms with Crippen LogP contribution in [0.5, 0.6) is 0 Å². The third-order valence-corrected chi connectivity index (χ3v) is 0.705. The van der Waals surface area contributed by atoms with Gasteiger partial charge in [0.1, 0.15) is 0 Å². The van der Waals surface area contributed by atoms with Crippen LogP contribution in [0.15, 0.2) is 0 Å². The minimum atomic E-state index is -0.160. The van der Waals surface area contributed by atoms with E-state index in [1.54, 1.807) is 0 Å². The van der Waals surface area contributed by atoms with Gasteiger partial charge in [-0.3, -0.25) is 0 Å². The zero-order valence-corrected chi connectivity index (χ0v) is 5.69. The summed E-state index contributed by atoms with van der Waals surface area (Å²) in [5.74, 6) is 0. The molecule has 0 aromatic heterocycles. The molecule has 0 radical (unpaired) electrons. The van der Waals surface area contributed by atoms with Crippen LogP contribution in [0, 0.1) is 0 Å². The zero-order chi connectivity index (χ0) is 7.78. The van der Waals surface area contributed by atoms with Gasteiger partial charge in [-0.2, -0.15) is 0 Å². The lowest BCUT2D eigenvalue weighted by molar-refractivity contribution is -0.457. The molecule has 0 unspecified atom stereocenters. The summed E-state index contributed by atoms with van der Waals surface area (Å²) >= 11 is 0. The Labute approximate surface area is 62.4 Å². The minimum Gasteiger partial charge on any atom is -0.323 e. The van der Waals surface area contributed by atoms with Crippen molar-refractivity contribution in [3.8, 4) is 0 Å². The number of ether oxygens (including phenoxy) is 1. The van der Waals surface area contributed by atoms with E-state index in [-0.39, 0.29) is 27.2 Å². The first kappa shape index (κ1) is 8.81. The molecule has 7 nitrogen and oxygen atoms in total. The normalized spacial score (nSPS) is 24.0. The largest absolute Gasteiger partial charge is 0.323 e. The van der Waals surface area contributed by atoms with Crippen molar-refractivity contribution in [1.82, 2.24) is 0 Å². The van der Waals surface area contributed by atoms with Crippen LogP contribution in [0.4, 0.5) is 0 Å². The van der Waals surface area contributed by atoms with Gasteiger partial charge in [0.05, 0.1) is 0 Å². The van der Waals surface area contributed by atoms with E-state index < -0.39 is 0 Å². The third-order valence-electron chi connectivity index (χ3n) is 0.705. The SMILES string of the molecule is C1OCOOCOOCOO1. The molecule has 0 aromatic rings. The summed E-state index contributed by atoms with van der Waals surface area (Å²) in [6, 6.07) is 0. The molecule has 11 heavy (non-hydrogen) atoms. The van der Waals surface area contributed by atoms with Crippen molar-refractivity contribution < 1.29 is 34.1 Å².